The molecular formula is C10H9F4NO3. The number of alkyl halides is 3. The van der Waals surface area contributed by atoms with Crippen molar-refractivity contribution in [2.75, 3.05) is 6.54 Å². The van der Waals surface area contributed by atoms with Crippen LogP contribution >= 0.6 is 0 Å². The van der Waals surface area contributed by atoms with Crippen LogP contribution in [-0.2, 0) is 4.79 Å². The van der Waals surface area contributed by atoms with E-state index in [4.69, 9.17) is 10.2 Å². The molecule has 18 heavy (non-hydrogen) atoms. The fourth-order valence-corrected chi connectivity index (χ4v) is 1.33. The van der Waals surface area contributed by atoms with Crippen molar-refractivity contribution in [3.05, 3.63) is 29.6 Å². The standard InChI is InChI=1S/C10H9F4NO3/c11-6-1-5(2-7(16)3-6)8(9(17)18)15-4-10(12,13)14/h1-3,8,15-16H,4H2,(H,17,18). The summed E-state index contributed by atoms with van der Waals surface area (Å²) < 4.78 is 48.8. The lowest BCUT2D eigenvalue weighted by Gasteiger charge is -2.16. The molecule has 3 N–H and O–H groups in total. The lowest BCUT2D eigenvalue weighted by Crippen LogP contribution is -2.36. The molecule has 4 nitrogen and oxygen atoms in total. The lowest BCUT2D eigenvalue weighted by atomic mass is 10.1. The second-order valence-electron chi connectivity index (χ2n) is 3.51. The molecule has 0 bridgehead atoms. The van der Waals surface area contributed by atoms with Crippen molar-refractivity contribution in [1.82, 2.24) is 5.32 Å². The van der Waals surface area contributed by atoms with Gasteiger partial charge in [-0.25, -0.2) is 4.39 Å². The van der Waals surface area contributed by atoms with E-state index in [1.807, 2.05) is 0 Å². The zero-order valence-corrected chi connectivity index (χ0v) is 8.83. The van der Waals surface area contributed by atoms with Crippen molar-refractivity contribution in [3.8, 4) is 5.75 Å². The van der Waals surface area contributed by atoms with E-state index in [2.05, 4.69) is 0 Å². The van der Waals surface area contributed by atoms with Crippen LogP contribution in [0.15, 0.2) is 18.2 Å². The van der Waals surface area contributed by atoms with Crippen molar-refractivity contribution in [3.63, 3.8) is 0 Å². The summed E-state index contributed by atoms with van der Waals surface area (Å²) in [6.45, 7) is -1.54. The number of hydrogen-bond acceptors (Lipinski definition) is 3. The number of phenols is 1. The molecule has 0 aliphatic carbocycles. The zero-order valence-electron chi connectivity index (χ0n) is 8.83. The predicted octanol–water partition coefficient (Wildman–Crippen LogP) is 1.81. The summed E-state index contributed by atoms with van der Waals surface area (Å²) in [5.74, 6) is -3.11. The van der Waals surface area contributed by atoms with Crippen molar-refractivity contribution in [2.45, 2.75) is 12.2 Å². The second kappa shape index (κ2) is 5.21. The quantitative estimate of drug-likeness (QED) is 0.728. The average molecular weight is 267 g/mol. The molecule has 0 saturated carbocycles. The van der Waals surface area contributed by atoms with Crippen LogP contribution in [0, 0.1) is 5.82 Å². The number of benzene rings is 1. The van der Waals surface area contributed by atoms with Crippen molar-refractivity contribution in [2.24, 2.45) is 0 Å². The molecular weight excluding hydrogens is 258 g/mol. The average Bonchev–Trinajstić information content (AvgIpc) is 2.13. The molecule has 0 fully saturated rings. The van der Waals surface area contributed by atoms with Crippen LogP contribution in [0.4, 0.5) is 17.6 Å². The van der Waals surface area contributed by atoms with Crippen molar-refractivity contribution < 1.29 is 32.6 Å². The van der Waals surface area contributed by atoms with E-state index >= 15 is 0 Å². The number of aliphatic carboxylic acids is 1. The summed E-state index contributed by atoms with van der Waals surface area (Å²) in [5, 5.41) is 19.6. The summed E-state index contributed by atoms with van der Waals surface area (Å²) in [5.41, 5.74) is -0.302. The highest BCUT2D eigenvalue weighted by molar-refractivity contribution is 5.75. The minimum Gasteiger partial charge on any atom is -0.508 e. The van der Waals surface area contributed by atoms with Gasteiger partial charge in [0.05, 0.1) is 6.54 Å². The maximum absolute atomic E-state index is 12.9. The summed E-state index contributed by atoms with van der Waals surface area (Å²) in [7, 11) is 0. The Morgan fingerprint density at radius 3 is 2.39 bits per heavy atom. The fourth-order valence-electron chi connectivity index (χ4n) is 1.33. The molecule has 8 heteroatoms. The number of halogens is 4. The van der Waals surface area contributed by atoms with Crippen LogP contribution in [-0.4, -0.2) is 28.9 Å². The molecule has 0 aliphatic rings. The Hall–Kier alpha value is -1.83. The van der Waals surface area contributed by atoms with Gasteiger partial charge in [0.15, 0.2) is 0 Å². The van der Waals surface area contributed by atoms with Crippen molar-refractivity contribution >= 4 is 5.97 Å². The minimum absolute atomic E-state index is 0.302. The van der Waals surface area contributed by atoms with Gasteiger partial charge in [-0.3, -0.25) is 10.1 Å². The van der Waals surface area contributed by atoms with Gasteiger partial charge in [-0.15, -0.1) is 0 Å². The number of carboxylic acid groups (broad SMARTS) is 1. The topological polar surface area (TPSA) is 69.6 Å². The van der Waals surface area contributed by atoms with E-state index in [9.17, 15) is 22.4 Å². The number of carbonyl (C=O) groups is 1. The highest BCUT2D eigenvalue weighted by Crippen LogP contribution is 2.22. The first kappa shape index (κ1) is 14.2. The van der Waals surface area contributed by atoms with Gasteiger partial charge in [-0.2, -0.15) is 13.2 Å². The minimum atomic E-state index is -4.59. The number of rotatable bonds is 4. The Morgan fingerprint density at radius 1 is 1.33 bits per heavy atom. The number of aromatic hydroxyl groups is 1. The van der Waals surface area contributed by atoms with Crippen LogP contribution in [0.5, 0.6) is 5.75 Å². The molecule has 0 radical (unpaired) electrons. The maximum atomic E-state index is 12.9. The molecule has 0 aliphatic heterocycles. The first-order valence-electron chi connectivity index (χ1n) is 4.71. The Morgan fingerprint density at radius 2 is 1.94 bits per heavy atom. The highest BCUT2D eigenvalue weighted by Gasteiger charge is 2.31. The van der Waals surface area contributed by atoms with Gasteiger partial charge in [0.2, 0.25) is 0 Å². The van der Waals surface area contributed by atoms with Gasteiger partial charge in [0.1, 0.15) is 17.6 Å². The summed E-state index contributed by atoms with van der Waals surface area (Å²) in [4.78, 5) is 10.8. The largest absolute Gasteiger partial charge is 0.508 e. The van der Waals surface area contributed by atoms with E-state index < -0.39 is 36.3 Å². The number of hydrogen-bond donors (Lipinski definition) is 3. The van der Waals surface area contributed by atoms with E-state index in [1.165, 1.54) is 0 Å². The first-order valence-corrected chi connectivity index (χ1v) is 4.71. The summed E-state index contributed by atoms with van der Waals surface area (Å²) >= 11 is 0. The normalized spacial score (nSPS) is 13.3. The van der Waals surface area contributed by atoms with Crippen LogP contribution in [0.2, 0.25) is 0 Å². The molecule has 0 spiro atoms. The Kier molecular flexibility index (Phi) is 4.12. The van der Waals surface area contributed by atoms with E-state index in [-0.39, 0.29) is 5.56 Å². The van der Waals surface area contributed by atoms with Crippen LogP contribution < -0.4 is 5.32 Å². The Bertz CT molecular complexity index is 427. The molecule has 1 aromatic rings. The predicted molar refractivity (Wildman–Crippen MR) is 52.5 cm³/mol. The number of nitrogens with one attached hydrogen (secondary N) is 1. The molecule has 100 valence electrons. The van der Waals surface area contributed by atoms with Crippen LogP contribution in [0.25, 0.3) is 0 Å². The smallest absolute Gasteiger partial charge is 0.401 e. The third kappa shape index (κ3) is 4.21. The van der Waals surface area contributed by atoms with Crippen LogP contribution in [0.3, 0.4) is 0 Å². The summed E-state index contributed by atoms with van der Waals surface area (Å²) in [6.07, 6.45) is -4.59. The first-order chi connectivity index (χ1) is 8.19. The zero-order chi connectivity index (χ0) is 13.9. The third-order valence-electron chi connectivity index (χ3n) is 1.99. The van der Waals surface area contributed by atoms with Gasteiger partial charge in [0.25, 0.3) is 0 Å². The number of phenolic OH excluding ortho intramolecular Hbond substituents is 1. The maximum Gasteiger partial charge on any atom is 0.401 e. The van der Waals surface area contributed by atoms with Gasteiger partial charge in [-0.1, -0.05) is 0 Å². The summed E-state index contributed by atoms with van der Waals surface area (Å²) in [6, 6.07) is 0.576. The lowest BCUT2D eigenvalue weighted by molar-refractivity contribution is -0.143. The Balaban J connectivity index is 2.94. The van der Waals surface area contributed by atoms with Gasteiger partial charge in [0, 0.05) is 6.07 Å². The molecule has 1 aromatic carbocycles. The SMILES string of the molecule is O=C(O)C(NCC(F)(F)F)c1cc(O)cc(F)c1. The van der Waals surface area contributed by atoms with E-state index in [1.54, 1.807) is 5.32 Å². The highest BCUT2D eigenvalue weighted by atomic mass is 19.4. The Labute approximate surface area is 98.9 Å². The van der Waals surface area contributed by atoms with Gasteiger partial charge in [-0.05, 0) is 17.7 Å². The fraction of sp³-hybridized carbons (Fsp3) is 0.300. The van der Waals surface area contributed by atoms with Crippen molar-refractivity contribution in [1.29, 1.82) is 0 Å². The molecule has 0 aromatic heterocycles. The molecule has 0 saturated heterocycles. The monoisotopic (exact) mass is 267 g/mol. The number of carboxylic acids is 1. The molecule has 0 heterocycles. The van der Waals surface area contributed by atoms with Gasteiger partial charge < -0.3 is 10.2 Å². The molecule has 0 amide bonds. The molecule has 1 rings (SSSR count). The molecule has 1 unspecified atom stereocenters. The van der Waals surface area contributed by atoms with E-state index in [0.717, 1.165) is 12.1 Å². The third-order valence-corrected chi connectivity index (χ3v) is 1.99. The second-order valence-corrected chi connectivity index (χ2v) is 3.51. The van der Waals surface area contributed by atoms with Crippen LogP contribution in [0.1, 0.15) is 11.6 Å². The van der Waals surface area contributed by atoms with Gasteiger partial charge >= 0.3 is 12.1 Å². The molecule has 1 atom stereocenters. The van der Waals surface area contributed by atoms with E-state index in [0.29, 0.717) is 6.07 Å².